The Morgan fingerprint density at radius 1 is 0.765 bits per heavy atom. The average Bonchev–Trinajstić information content (AvgIpc) is 2.38. The van der Waals surface area contributed by atoms with Gasteiger partial charge in [-0.25, -0.2) is 0 Å². The Balaban J connectivity index is 2.46. The van der Waals surface area contributed by atoms with E-state index in [0.29, 0.717) is 5.92 Å². The van der Waals surface area contributed by atoms with E-state index in [0.717, 1.165) is 24.6 Å². The van der Waals surface area contributed by atoms with Gasteiger partial charge in [0.25, 0.3) is 0 Å². The molecule has 1 rings (SSSR count). The van der Waals surface area contributed by atoms with Crippen LogP contribution in [-0.4, -0.2) is 11.8 Å². The summed E-state index contributed by atoms with van der Waals surface area (Å²) in [4.78, 5) is 0. The van der Waals surface area contributed by atoms with Gasteiger partial charge in [-0.2, -0.15) is 0 Å². The zero-order valence-corrected chi connectivity index (χ0v) is 11.9. The molecule has 0 aromatic heterocycles. The summed E-state index contributed by atoms with van der Waals surface area (Å²) in [5, 5.41) is 0. The average molecular weight is 273 g/mol. The Morgan fingerprint density at radius 2 is 1.29 bits per heavy atom. The number of alkyl halides is 2. The highest BCUT2D eigenvalue weighted by atomic mass is 35.5. The molecule has 0 fully saturated rings. The Kier molecular flexibility index (Phi) is 8.56. The summed E-state index contributed by atoms with van der Waals surface area (Å²) >= 11 is 11.5. The minimum absolute atomic E-state index is 0.683. The second-order valence-corrected chi connectivity index (χ2v) is 5.23. The van der Waals surface area contributed by atoms with Crippen LogP contribution >= 0.6 is 23.2 Å². The smallest absolute Gasteiger partial charge is 0.0223 e. The van der Waals surface area contributed by atoms with E-state index >= 15 is 0 Å². The van der Waals surface area contributed by atoms with Gasteiger partial charge in [-0.15, -0.1) is 23.2 Å². The molecule has 0 nitrogen and oxygen atoms in total. The van der Waals surface area contributed by atoms with Gasteiger partial charge >= 0.3 is 0 Å². The molecule has 0 N–H and O–H groups in total. The van der Waals surface area contributed by atoms with Crippen molar-refractivity contribution in [3.8, 4) is 0 Å². The molecule has 0 aliphatic carbocycles. The number of hydrogen-bond acceptors (Lipinski definition) is 0. The molecule has 0 aliphatic heterocycles. The first-order valence-electron chi connectivity index (χ1n) is 6.55. The van der Waals surface area contributed by atoms with Gasteiger partial charge in [0, 0.05) is 11.8 Å². The van der Waals surface area contributed by atoms with Crippen molar-refractivity contribution in [1.82, 2.24) is 0 Å². The number of hydrogen-bond donors (Lipinski definition) is 0. The maximum atomic E-state index is 5.74. The standard InChI is InChI=1S/C15H22Cl2/c16-12-6-4-10-15(11-5-7-13-17)14-8-2-1-3-9-14/h1-3,8-9,15H,4-7,10-13H2. The molecule has 1 aromatic carbocycles. The van der Waals surface area contributed by atoms with Crippen LogP contribution in [0.2, 0.25) is 0 Å². The molecular weight excluding hydrogens is 251 g/mol. The van der Waals surface area contributed by atoms with Gasteiger partial charge in [-0.05, 0) is 37.2 Å². The highest BCUT2D eigenvalue weighted by molar-refractivity contribution is 6.18. The molecule has 17 heavy (non-hydrogen) atoms. The quantitative estimate of drug-likeness (QED) is 0.406. The van der Waals surface area contributed by atoms with Crippen molar-refractivity contribution in [2.75, 3.05) is 11.8 Å². The van der Waals surface area contributed by atoms with Crippen molar-refractivity contribution < 1.29 is 0 Å². The third-order valence-electron chi connectivity index (χ3n) is 3.14. The van der Waals surface area contributed by atoms with E-state index in [-0.39, 0.29) is 0 Å². The van der Waals surface area contributed by atoms with E-state index in [1.165, 1.54) is 31.2 Å². The molecule has 0 bridgehead atoms. The fraction of sp³-hybridized carbons (Fsp3) is 0.600. The summed E-state index contributed by atoms with van der Waals surface area (Å²) in [6, 6.07) is 10.8. The van der Waals surface area contributed by atoms with Crippen LogP contribution in [0.3, 0.4) is 0 Å². The number of rotatable bonds is 9. The van der Waals surface area contributed by atoms with Crippen molar-refractivity contribution >= 4 is 23.2 Å². The van der Waals surface area contributed by atoms with Crippen LogP contribution in [-0.2, 0) is 0 Å². The minimum Gasteiger partial charge on any atom is -0.127 e. The molecule has 0 unspecified atom stereocenters. The summed E-state index contributed by atoms with van der Waals surface area (Å²) in [7, 11) is 0. The number of unbranched alkanes of at least 4 members (excludes halogenated alkanes) is 2. The summed E-state index contributed by atoms with van der Waals surface area (Å²) in [5.74, 6) is 2.24. The number of benzene rings is 1. The van der Waals surface area contributed by atoms with E-state index in [2.05, 4.69) is 30.3 Å². The van der Waals surface area contributed by atoms with Crippen molar-refractivity contribution in [3.63, 3.8) is 0 Å². The van der Waals surface area contributed by atoms with Crippen molar-refractivity contribution in [2.45, 2.75) is 44.4 Å². The van der Waals surface area contributed by atoms with Crippen molar-refractivity contribution in [2.24, 2.45) is 0 Å². The lowest BCUT2D eigenvalue weighted by Gasteiger charge is -2.17. The molecule has 0 spiro atoms. The predicted molar refractivity (Wildman–Crippen MR) is 78.3 cm³/mol. The lowest BCUT2D eigenvalue weighted by atomic mass is 9.89. The third-order valence-corrected chi connectivity index (χ3v) is 3.68. The molecule has 0 radical (unpaired) electrons. The van der Waals surface area contributed by atoms with Gasteiger partial charge in [0.1, 0.15) is 0 Å². The summed E-state index contributed by atoms with van der Waals surface area (Å²) in [6.07, 6.45) is 7.20. The van der Waals surface area contributed by atoms with Crippen LogP contribution < -0.4 is 0 Å². The topological polar surface area (TPSA) is 0 Å². The first-order chi connectivity index (χ1) is 8.38. The molecular formula is C15H22Cl2. The highest BCUT2D eigenvalue weighted by Gasteiger charge is 2.10. The van der Waals surface area contributed by atoms with E-state index in [9.17, 15) is 0 Å². The molecule has 96 valence electrons. The van der Waals surface area contributed by atoms with Crippen LogP contribution in [0, 0.1) is 0 Å². The maximum Gasteiger partial charge on any atom is 0.0223 e. The molecule has 2 heteroatoms. The predicted octanol–water partition coefficient (Wildman–Crippen LogP) is 5.59. The lowest BCUT2D eigenvalue weighted by Crippen LogP contribution is -2.00. The molecule has 0 saturated carbocycles. The van der Waals surface area contributed by atoms with Gasteiger partial charge in [-0.1, -0.05) is 43.2 Å². The van der Waals surface area contributed by atoms with E-state index in [1.807, 2.05) is 0 Å². The molecule has 0 saturated heterocycles. The van der Waals surface area contributed by atoms with E-state index < -0.39 is 0 Å². The molecule has 1 aromatic rings. The SMILES string of the molecule is ClCCCCC(CCCCCl)c1ccccc1. The molecule has 0 atom stereocenters. The normalized spacial score (nSPS) is 11.0. The van der Waals surface area contributed by atoms with Crippen molar-refractivity contribution in [1.29, 1.82) is 0 Å². The zero-order chi connectivity index (χ0) is 12.3. The van der Waals surface area contributed by atoms with Gasteiger partial charge in [0.2, 0.25) is 0 Å². The fourth-order valence-electron chi connectivity index (χ4n) is 2.17. The minimum atomic E-state index is 0.683. The number of halogens is 2. The van der Waals surface area contributed by atoms with Gasteiger partial charge in [0.05, 0.1) is 0 Å². The van der Waals surface area contributed by atoms with Crippen LogP contribution in [0.25, 0.3) is 0 Å². The fourth-order valence-corrected chi connectivity index (χ4v) is 2.55. The Morgan fingerprint density at radius 3 is 1.76 bits per heavy atom. The monoisotopic (exact) mass is 272 g/mol. The molecule has 0 amide bonds. The first kappa shape index (κ1) is 14.9. The second-order valence-electron chi connectivity index (χ2n) is 4.48. The summed E-state index contributed by atoms with van der Waals surface area (Å²) in [5.41, 5.74) is 1.47. The van der Waals surface area contributed by atoms with Crippen LogP contribution in [0.15, 0.2) is 30.3 Å². The summed E-state index contributed by atoms with van der Waals surface area (Å²) in [6.45, 7) is 0. The van der Waals surface area contributed by atoms with Gasteiger partial charge in [0.15, 0.2) is 0 Å². The van der Waals surface area contributed by atoms with Gasteiger partial charge in [-0.3, -0.25) is 0 Å². The van der Waals surface area contributed by atoms with Crippen LogP contribution in [0.1, 0.15) is 50.0 Å². The molecule has 0 aliphatic rings. The summed E-state index contributed by atoms with van der Waals surface area (Å²) < 4.78 is 0. The zero-order valence-electron chi connectivity index (χ0n) is 10.4. The highest BCUT2D eigenvalue weighted by Crippen LogP contribution is 2.27. The van der Waals surface area contributed by atoms with Crippen LogP contribution in [0.4, 0.5) is 0 Å². The third kappa shape index (κ3) is 6.33. The van der Waals surface area contributed by atoms with E-state index in [1.54, 1.807) is 0 Å². The van der Waals surface area contributed by atoms with E-state index in [4.69, 9.17) is 23.2 Å². The molecule has 0 heterocycles. The Labute approximate surface area is 115 Å². The lowest BCUT2D eigenvalue weighted by molar-refractivity contribution is 0.526. The van der Waals surface area contributed by atoms with Crippen molar-refractivity contribution in [3.05, 3.63) is 35.9 Å². The van der Waals surface area contributed by atoms with Crippen LogP contribution in [0.5, 0.6) is 0 Å². The Hall–Kier alpha value is -0.200. The largest absolute Gasteiger partial charge is 0.127 e. The van der Waals surface area contributed by atoms with Gasteiger partial charge < -0.3 is 0 Å². The first-order valence-corrected chi connectivity index (χ1v) is 7.62. The second kappa shape index (κ2) is 9.79. The Bertz CT molecular complexity index is 262. The maximum absolute atomic E-state index is 5.74.